The van der Waals surface area contributed by atoms with Crippen LogP contribution >= 0.6 is 11.8 Å². The van der Waals surface area contributed by atoms with E-state index < -0.39 is 0 Å². The van der Waals surface area contributed by atoms with Crippen LogP contribution in [0.2, 0.25) is 0 Å². The molecule has 1 aromatic carbocycles. The molecule has 0 aromatic heterocycles. The molecule has 3 heteroatoms. The summed E-state index contributed by atoms with van der Waals surface area (Å²) in [5, 5.41) is 4.54. The highest BCUT2D eigenvalue weighted by atomic mass is 32.2. The molecule has 0 saturated heterocycles. The van der Waals surface area contributed by atoms with Crippen molar-refractivity contribution in [2.75, 3.05) is 5.75 Å². The van der Waals surface area contributed by atoms with Crippen LogP contribution in [0.5, 0.6) is 0 Å². The topological polar surface area (TPSA) is 12.0 Å². The van der Waals surface area contributed by atoms with E-state index in [0.717, 1.165) is 11.7 Å². The normalized spacial score (nSPS) is 24.6. The predicted molar refractivity (Wildman–Crippen MR) is 82.1 cm³/mol. The smallest absolute Gasteiger partial charge is 0.123 e. The maximum Gasteiger partial charge on any atom is 0.123 e. The Labute approximate surface area is 120 Å². The SMILES string of the molecule is CCSC1CCCC1NC(CC)c1ccc(F)cc1. The van der Waals surface area contributed by atoms with Crippen molar-refractivity contribution in [3.63, 3.8) is 0 Å². The van der Waals surface area contributed by atoms with Gasteiger partial charge in [-0.1, -0.05) is 32.4 Å². The predicted octanol–water partition coefficient (Wildman–Crippen LogP) is 4.54. The second-order valence-electron chi connectivity index (χ2n) is 5.21. The van der Waals surface area contributed by atoms with E-state index in [9.17, 15) is 4.39 Å². The lowest BCUT2D eigenvalue weighted by Crippen LogP contribution is -2.37. The van der Waals surface area contributed by atoms with E-state index in [1.165, 1.54) is 30.6 Å². The van der Waals surface area contributed by atoms with E-state index in [0.29, 0.717) is 12.1 Å². The van der Waals surface area contributed by atoms with E-state index in [2.05, 4.69) is 30.9 Å². The average Bonchev–Trinajstić information content (AvgIpc) is 2.85. The van der Waals surface area contributed by atoms with Crippen LogP contribution in [-0.2, 0) is 0 Å². The molecule has 106 valence electrons. The Balaban J connectivity index is 2.00. The minimum absolute atomic E-state index is 0.154. The molecule has 0 bridgehead atoms. The lowest BCUT2D eigenvalue weighted by Gasteiger charge is -2.26. The maximum atomic E-state index is 13.0. The summed E-state index contributed by atoms with van der Waals surface area (Å²) < 4.78 is 13.0. The molecule has 3 unspecified atom stereocenters. The molecule has 0 spiro atoms. The molecule has 1 nitrogen and oxygen atoms in total. The third kappa shape index (κ3) is 3.96. The second-order valence-corrected chi connectivity index (χ2v) is 6.73. The van der Waals surface area contributed by atoms with E-state index >= 15 is 0 Å². The van der Waals surface area contributed by atoms with Crippen LogP contribution in [0.3, 0.4) is 0 Å². The molecular weight excluding hydrogens is 257 g/mol. The highest BCUT2D eigenvalue weighted by Crippen LogP contribution is 2.32. The summed E-state index contributed by atoms with van der Waals surface area (Å²) in [7, 11) is 0. The summed E-state index contributed by atoms with van der Waals surface area (Å²) in [5.74, 6) is 1.04. The van der Waals surface area contributed by atoms with Crippen LogP contribution in [0.4, 0.5) is 4.39 Å². The zero-order valence-electron chi connectivity index (χ0n) is 11.9. The van der Waals surface area contributed by atoms with Gasteiger partial charge in [-0.2, -0.15) is 11.8 Å². The molecule has 0 amide bonds. The van der Waals surface area contributed by atoms with Gasteiger partial charge in [-0.3, -0.25) is 0 Å². The molecule has 0 heterocycles. The molecule has 3 atom stereocenters. The molecule has 1 aromatic rings. The molecule has 19 heavy (non-hydrogen) atoms. The first-order chi connectivity index (χ1) is 9.24. The van der Waals surface area contributed by atoms with E-state index in [4.69, 9.17) is 0 Å². The molecule has 0 radical (unpaired) electrons. The van der Waals surface area contributed by atoms with Gasteiger partial charge in [0.2, 0.25) is 0 Å². The van der Waals surface area contributed by atoms with Gasteiger partial charge in [-0.15, -0.1) is 0 Å². The van der Waals surface area contributed by atoms with Crippen LogP contribution < -0.4 is 5.32 Å². The van der Waals surface area contributed by atoms with Crippen molar-refractivity contribution in [1.29, 1.82) is 0 Å². The Morgan fingerprint density at radius 1 is 1.26 bits per heavy atom. The van der Waals surface area contributed by atoms with Gasteiger partial charge in [-0.25, -0.2) is 4.39 Å². The molecule has 1 N–H and O–H groups in total. The van der Waals surface area contributed by atoms with Crippen LogP contribution in [0.15, 0.2) is 24.3 Å². The number of rotatable bonds is 6. The minimum atomic E-state index is -0.154. The second kappa shape index (κ2) is 7.30. The maximum absolute atomic E-state index is 13.0. The number of halogens is 1. The van der Waals surface area contributed by atoms with Gasteiger partial charge in [-0.05, 0) is 42.7 Å². The number of thioether (sulfide) groups is 1. The molecule has 0 aliphatic heterocycles. The summed E-state index contributed by atoms with van der Waals surface area (Å²) in [6, 6.07) is 7.91. The first-order valence-electron chi connectivity index (χ1n) is 7.37. The summed E-state index contributed by atoms with van der Waals surface area (Å²) in [6.45, 7) is 4.43. The number of benzene rings is 1. The van der Waals surface area contributed by atoms with Crippen molar-refractivity contribution in [3.8, 4) is 0 Å². The first-order valence-corrected chi connectivity index (χ1v) is 8.42. The zero-order valence-corrected chi connectivity index (χ0v) is 12.7. The van der Waals surface area contributed by atoms with Gasteiger partial charge in [0, 0.05) is 17.3 Å². The zero-order chi connectivity index (χ0) is 13.7. The highest BCUT2D eigenvalue weighted by molar-refractivity contribution is 7.99. The fourth-order valence-electron chi connectivity index (χ4n) is 2.93. The molecule has 1 saturated carbocycles. The third-order valence-corrected chi connectivity index (χ3v) is 5.25. The number of nitrogens with one attached hydrogen (secondary N) is 1. The van der Waals surface area contributed by atoms with Crippen LogP contribution in [0, 0.1) is 5.82 Å². The fraction of sp³-hybridized carbons (Fsp3) is 0.625. The third-order valence-electron chi connectivity index (χ3n) is 3.93. The monoisotopic (exact) mass is 281 g/mol. The molecule has 1 aliphatic carbocycles. The van der Waals surface area contributed by atoms with Gasteiger partial charge in [0.05, 0.1) is 0 Å². The Hall–Kier alpha value is -0.540. The summed E-state index contributed by atoms with van der Waals surface area (Å²) in [4.78, 5) is 0. The highest BCUT2D eigenvalue weighted by Gasteiger charge is 2.28. The first kappa shape index (κ1) is 14.9. The van der Waals surface area contributed by atoms with E-state index in [1.807, 2.05) is 12.1 Å². The van der Waals surface area contributed by atoms with Gasteiger partial charge in [0.1, 0.15) is 5.82 Å². The lowest BCUT2D eigenvalue weighted by atomic mass is 10.0. The molecular formula is C16H24FNS. The largest absolute Gasteiger partial charge is 0.306 e. The molecule has 1 fully saturated rings. The van der Waals surface area contributed by atoms with Gasteiger partial charge in [0.25, 0.3) is 0 Å². The van der Waals surface area contributed by atoms with Crippen molar-refractivity contribution in [1.82, 2.24) is 5.32 Å². The average molecular weight is 281 g/mol. The van der Waals surface area contributed by atoms with Crippen LogP contribution in [0.1, 0.15) is 51.1 Å². The van der Waals surface area contributed by atoms with Crippen LogP contribution in [-0.4, -0.2) is 17.0 Å². The van der Waals surface area contributed by atoms with Gasteiger partial charge in [0.15, 0.2) is 0 Å². The van der Waals surface area contributed by atoms with Crippen molar-refractivity contribution >= 4 is 11.8 Å². The quantitative estimate of drug-likeness (QED) is 0.821. The van der Waals surface area contributed by atoms with E-state index in [1.54, 1.807) is 12.1 Å². The van der Waals surface area contributed by atoms with Crippen LogP contribution in [0.25, 0.3) is 0 Å². The van der Waals surface area contributed by atoms with Gasteiger partial charge >= 0.3 is 0 Å². The Kier molecular flexibility index (Phi) is 5.71. The van der Waals surface area contributed by atoms with Crippen molar-refractivity contribution < 1.29 is 4.39 Å². The Morgan fingerprint density at radius 3 is 2.63 bits per heavy atom. The summed E-state index contributed by atoms with van der Waals surface area (Å²) >= 11 is 2.07. The van der Waals surface area contributed by atoms with Crippen molar-refractivity contribution in [2.45, 2.75) is 56.9 Å². The fourth-order valence-corrected chi connectivity index (χ4v) is 4.14. The van der Waals surface area contributed by atoms with E-state index in [-0.39, 0.29) is 5.82 Å². The summed E-state index contributed by atoms with van der Waals surface area (Å²) in [5.41, 5.74) is 1.20. The Bertz CT molecular complexity index is 379. The number of hydrogen-bond acceptors (Lipinski definition) is 2. The lowest BCUT2D eigenvalue weighted by molar-refractivity contribution is 0.435. The minimum Gasteiger partial charge on any atom is -0.306 e. The summed E-state index contributed by atoms with van der Waals surface area (Å²) in [6.07, 6.45) is 4.98. The molecule has 2 rings (SSSR count). The standard InChI is InChI=1S/C16H24FNS/c1-3-14(12-8-10-13(17)11-9-12)18-15-6-5-7-16(15)19-4-2/h8-11,14-16,18H,3-7H2,1-2H3. The van der Waals surface area contributed by atoms with Gasteiger partial charge < -0.3 is 5.32 Å². The Morgan fingerprint density at radius 2 is 2.00 bits per heavy atom. The number of hydrogen-bond donors (Lipinski definition) is 1. The van der Waals surface area contributed by atoms with Crippen molar-refractivity contribution in [2.24, 2.45) is 0 Å². The van der Waals surface area contributed by atoms with Crippen molar-refractivity contribution in [3.05, 3.63) is 35.6 Å². The molecule has 1 aliphatic rings.